The maximum atomic E-state index is 12.0. The highest BCUT2D eigenvalue weighted by atomic mass is 32.1. The first-order chi connectivity index (χ1) is 18.4. The maximum Gasteiger partial charge on any atom is 0.224 e. The minimum Gasteiger partial charge on any atom is -0.378 e. The Kier molecular flexibility index (Phi) is 7.15. The number of nitrogens with zero attached hydrogens (tertiary/aromatic N) is 4. The second kappa shape index (κ2) is 10.7. The Morgan fingerprint density at radius 3 is 2.47 bits per heavy atom. The van der Waals surface area contributed by atoms with Crippen LogP contribution in [0.5, 0.6) is 0 Å². The number of carbonyl (C=O) groups is 1. The molecule has 2 aromatic carbocycles. The average molecular weight is 525 g/mol. The molecule has 0 spiro atoms. The summed E-state index contributed by atoms with van der Waals surface area (Å²) in [5.74, 6) is -0.00887. The van der Waals surface area contributed by atoms with E-state index in [0.717, 1.165) is 39.7 Å². The van der Waals surface area contributed by atoms with E-state index in [1.807, 2.05) is 64.5 Å². The number of aromatic nitrogens is 2. The number of carbonyl (C=O) groups excluding carboxylic acids is 1. The molecule has 1 aliphatic heterocycles. The van der Waals surface area contributed by atoms with Crippen LogP contribution in [0.4, 0.5) is 17.1 Å². The van der Waals surface area contributed by atoms with Crippen molar-refractivity contribution in [2.45, 2.75) is 32.4 Å². The largest absolute Gasteiger partial charge is 0.378 e. The predicted octanol–water partition coefficient (Wildman–Crippen LogP) is 5.77. The van der Waals surface area contributed by atoms with Crippen LogP contribution in [0.15, 0.2) is 85.2 Å². The summed E-state index contributed by atoms with van der Waals surface area (Å²) in [4.78, 5) is 20.9. The lowest BCUT2D eigenvalue weighted by atomic mass is 10.00. The number of thiocarbonyl (C=S) groups is 1. The van der Waals surface area contributed by atoms with E-state index in [1.165, 1.54) is 0 Å². The fourth-order valence-corrected chi connectivity index (χ4v) is 5.24. The van der Waals surface area contributed by atoms with Gasteiger partial charge in [-0.25, -0.2) is 0 Å². The van der Waals surface area contributed by atoms with Gasteiger partial charge in [-0.15, -0.1) is 0 Å². The van der Waals surface area contributed by atoms with E-state index >= 15 is 0 Å². The summed E-state index contributed by atoms with van der Waals surface area (Å²) >= 11 is 5.92. The molecule has 1 fully saturated rings. The van der Waals surface area contributed by atoms with Crippen LogP contribution in [-0.4, -0.2) is 34.7 Å². The van der Waals surface area contributed by atoms with Gasteiger partial charge in [-0.1, -0.05) is 13.0 Å². The van der Waals surface area contributed by atoms with Gasteiger partial charge >= 0.3 is 0 Å². The highest BCUT2D eigenvalue weighted by molar-refractivity contribution is 7.80. The molecule has 4 aromatic rings. The molecule has 1 saturated heterocycles. The first kappa shape index (κ1) is 25.5. The van der Waals surface area contributed by atoms with Gasteiger partial charge in [0.15, 0.2) is 5.11 Å². The fraction of sp³-hybridized carbons (Fsp3) is 0.233. The first-order valence-electron chi connectivity index (χ1n) is 12.7. The summed E-state index contributed by atoms with van der Waals surface area (Å²) in [5, 5.41) is 7.15. The summed E-state index contributed by atoms with van der Waals surface area (Å²) in [6.45, 7) is 3.85. The SMILES string of the molecule is CCC(=O)Nc1ccc(N2C(=S)N[C@@H](c3ccccn3)[C@H]2c2cccn2-c2ccc(N(C)C)cc2)cc1C. The number of anilines is 3. The molecule has 2 aromatic heterocycles. The summed E-state index contributed by atoms with van der Waals surface area (Å²) in [5.41, 5.74) is 6.95. The van der Waals surface area contributed by atoms with Gasteiger partial charge in [0.1, 0.15) is 6.04 Å². The zero-order valence-electron chi connectivity index (χ0n) is 22.1. The molecule has 1 amide bonds. The highest BCUT2D eigenvalue weighted by Gasteiger charge is 2.42. The minimum atomic E-state index is -0.156. The van der Waals surface area contributed by atoms with Crippen molar-refractivity contribution in [3.63, 3.8) is 0 Å². The van der Waals surface area contributed by atoms with Crippen LogP contribution < -0.4 is 20.4 Å². The zero-order valence-corrected chi connectivity index (χ0v) is 22.9. The van der Waals surface area contributed by atoms with E-state index in [9.17, 15) is 4.79 Å². The molecular weight excluding hydrogens is 492 g/mol. The van der Waals surface area contributed by atoms with Crippen LogP contribution in [-0.2, 0) is 4.79 Å². The lowest BCUT2D eigenvalue weighted by molar-refractivity contribution is -0.115. The summed E-state index contributed by atoms with van der Waals surface area (Å²) in [6.07, 6.45) is 4.33. The van der Waals surface area contributed by atoms with Crippen molar-refractivity contribution in [3.05, 3.63) is 102 Å². The third kappa shape index (κ3) is 4.87. The third-order valence-electron chi connectivity index (χ3n) is 6.91. The Morgan fingerprint density at radius 1 is 1.05 bits per heavy atom. The van der Waals surface area contributed by atoms with Gasteiger partial charge in [0.2, 0.25) is 5.91 Å². The number of aryl methyl sites for hydroxylation is 1. The second-order valence-corrected chi connectivity index (χ2v) is 10.00. The molecule has 38 heavy (non-hydrogen) atoms. The first-order valence-corrected chi connectivity index (χ1v) is 13.1. The molecule has 8 heteroatoms. The number of hydrogen-bond donors (Lipinski definition) is 2. The fourth-order valence-electron chi connectivity index (χ4n) is 4.89. The van der Waals surface area contributed by atoms with Crippen molar-refractivity contribution in [1.82, 2.24) is 14.9 Å². The zero-order chi connectivity index (χ0) is 26.8. The summed E-state index contributed by atoms with van der Waals surface area (Å²) in [6, 6.07) is 24.4. The number of hydrogen-bond acceptors (Lipinski definition) is 4. The lowest BCUT2D eigenvalue weighted by Gasteiger charge is -2.29. The molecule has 0 unspecified atom stereocenters. The highest BCUT2D eigenvalue weighted by Crippen LogP contribution is 2.43. The van der Waals surface area contributed by atoms with Gasteiger partial charge in [-0.3, -0.25) is 9.78 Å². The van der Waals surface area contributed by atoms with Crippen molar-refractivity contribution in [3.8, 4) is 5.69 Å². The summed E-state index contributed by atoms with van der Waals surface area (Å²) in [7, 11) is 4.08. The van der Waals surface area contributed by atoms with Gasteiger partial charge in [-0.2, -0.15) is 0 Å². The Balaban J connectivity index is 1.59. The van der Waals surface area contributed by atoms with Crippen molar-refractivity contribution in [2.75, 3.05) is 29.2 Å². The smallest absolute Gasteiger partial charge is 0.224 e. The molecule has 7 nitrogen and oxygen atoms in total. The minimum absolute atomic E-state index is 0.00887. The van der Waals surface area contributed by atoms with Gasteiger partial charge in [0.05, 0.1) is 11.7 Å². The Bertz CT molecular complexity index is 1450. The van der Waals surface area contributed by atoms with Crippen LogP contribution in [0, 0.1) is 6.92 Å². The molecule has 1 aliphatic rings. The van der Waals surface area contributed by atoms with Crippen LogP contribution >= 0.6 is 12.2 Å². The van der Waals surface area contributed by atoms with E-state index in [-0.39, 0.29) is 18.0 Å². The molecule has 0 saturated carbocycles. The molecule has 194 valence electrons. The van der Waals surface area contributed by atoms with E-state index in [2.05, 4.69) is 78.6 Å². The number of amides is 1. The molecule has 2 N–H and O–H groups in total. The van der Waals surface area contributed by atoms with Crippen LogP contribution in [0.2, 0.25) is 0 Å². The van der Waals surface area contributed by atoms with Gasteiger partial charge in [0.25, 0.3) is 0 Å². The normalized spacial score (nSPS) is 16.8. The lowest BCUT2D eigenvalue weighted by Crippen LogP contribution is -2.30. The van der Waals surface area contributed by atoms with Crippen molar-refractivity contribution >= 4 is 40.3 Å². The van der Waals surface area contributed by atoms with Crippen LogP contribution in [0.25, 0.3) is 5.69 Å². The molecule has 0 aliphatic carbocycles. The monoisotopic (exact) mass is 524 g/mol. The van der Waals surface area contributed by atoms with Gasteiger partial charge in [-0.05, 0) is 91.4 Å². The quantitative estimate of drug-likeness (QED) is 0.299. The molecule has 0 bridgehead atoms. The second-order valence-electron chi connectivity index (χ2n) is 9.61. The number of nitrogens with one attached hydrogen (secondary N) is 2. The van der Waals surface area contributed by atoms with E-state index < -0.39 is 0 Å². The molecule has 0 radical (unpaired) electrons. The predicted molar refractivity (Wildman–Crippen MR) is 158 cm³/mol. The molecule has 3 heterocycles. The van der Waals surface area contributed by atoms with Gasteiger partial charge in [0, 0.05) is 61.4 Å². The number of pyridine rings is 1. The molecular formula is C30H32N6OS. The average Bonchev–Trinajstić information content (AvgIpc) is 3.54. The Hall–Kier alpha value is -4.17. The Labute approximate surface area is 229 Å². The molecule has 5 rings (SSSR count). The number of rotatable bonds is 7. The van der Waals surface area contributed by atoms with E-state index in [4.69, 9.17) is 12.2 Å². The Morgan fingerprint density at radius 2 is 1.82 bits per heavy atom. The van der Waals surface area contributed by atoms with Crippen LogP contribution in [0.1, 0.15) is 42.4 Å². The molecule has 2 atom stereocenters. The van der Waals surface area contributed by atoms with Crippen molar-refractivity contribution in [2.24, 2.45) is 0 Å². The number of benzene rings is 2. The third-order valence-corrected chi connectivity index (χ3v) is 7.22. The van der Waals surface area contributed by atoms with Crippen molar-refractivity contribution in [1.29, 1.82) is 0 Å². The topological polar surface area (TPSA) is 65.4 Å². The van der Waals surface area contributed by atoms with Crippen molar-refractivity contribution < 1.29 is 4.79 Å². The standard InChI is InChI=1S/C30H32N6OS/c1-5-27(37)32-24-16-15-23(19-20(24)2)36-29(28(33-30(36)38)25-9-6-7-17-31-25)26-10-8-18-35(26)22-13-11-21(12-14-22)34(3)4/h6-19,28-29H,5H2,1-4H3,(H,32,37)(H,33,38)/t28-,29+/m0/s1. The van der Waals surface area contributed by atoms with Gasteiger partial charge < -0.3 is 25.0 Å². The van der Waals surface area contributed by atoms with E-state index in [0.29, 0.717) is 11.5 Å². The summed E-state index contributed by atoms with van der Waals surface area (Å²) < 4.78 is 2.21. The van der Waals surface area contributed by atoms with E-state index in [1.54, 1.807) is 0 Å². The van der Waals surface area contributed by atoms with Crippen LogP contribution in [0.3, 0.4) is 0 Å². The maximum absolute atomic E-state index is 12.0.